The van der Waals surface area contributed by atoms with Crippen LogP contribution in [0.4, 0.5) is 11.4 Å². The normalized spacial score (nSPS) is 9.95. The number of ether oxygens (including phenoxy) is 1. The monoisotopic (exact) mass is 258 g/mol. The van der Waals surface area contributed by atoms with Crippen molar-refractivity contribution < 1.29 is 14.6 Å². The molecule has 2 aromatic rings. The van der Waals surface area contributed by atoms with Crippen LogP contribution in [0, 0.1) is 0 Å². The van der Waals surface area contributed by atoms with Crippen LogP contribution in [0.25, 0.3) is 0 Å². The number of carbonyl (C=O) groups is 1. The molecule has 0 unspecified atom stereocenters. The number of rotatable bonds is 3. The zero-order chi connectivity index (χ0) is 13.8. The number of nitrogens with one attached hydrogen (secondary N) is 1. The summed E-state index contributed by atoms with van der Waals surface area (Å²) in [6.07, 6.45) is 0. The summed E-state index contributed by atoms with van der Waals surface area (Å²) in [6, 6.07) is 11.3. The van der Waals surface area contributed by atoms with Crippen molar-refractivity contribution >= 4 is 17.3 Å². The number of phenols is 1. The first-order valence-corrected chi connectivity index (χ1v) is 5.64. The Morgan fingerprint density at radius 3 is 2.68 bits per heavy atom. The molecule has 19 heavy (non-hydrogen) atoms. The molecule has 0 fully saturated rings. The zero-order valence-electron chi connectivity index (χ0n) is 10.4. The van der Waals surface area contributed by atoms with Crippen LogP contribution in [0.2, 0.25) is 0 Å². The van der Waals surface area contributed by atoms with Gasteiger partial charge in [0.2, 0.25) is 0 Å². The lowest BCUT2D eigenvalue weighted by atomic mass is 10.1. The molecule has 0 aliphatic heterocycles. The molecule has 98 valence electrons. The highest BCUT2D eigenvalue weighted by molar-refractivity contribution is 6.08. The van der Waals surface area contributed by atoms with Gasteiger partial charge in [0.05, 0.1) is 18.4 Å². The van der Waals surface area contributed by atoms with E-state index in [4.69, 9.17) is 10.5 Å². The molecule has 2 aromatic carbocycles. The fourth-order valence-electron chi connectivity index (χ4n) is 1.70. The summed E-state index contributed by atoms with van der Waals surface area (Å²) in [7, 11) is 1.49. The lowest BCUT2D eigenvalue weighted by Crippen LogP contribution is -2.14. The predicted molar refractivity (Wildman–Crippen MR) is 73.5 cm³/mol. The summed E-state index contributed by atoms with van der Waals surface area (Å²) >= 11 is 0. The summed E-state index contributed by atoms with van der Waals surface area (Å²) in [6.45, 7) is 0. The summed E-state index contributed by atoms with van der Waals surface area (Å²) in [5.41, 5.74) is 6.94. The van der Waals surface area contributed by atoms with Gasteiger partial charge in [-0.2, -0.15) is 0 Å². The van der Waals surface area contributed by atoms with E-state index < -0.39 is 0 Å². The number of amides is 1. The average molecular weight is 258 g/mol. The first-order chi connectivity index (χ1) is 9.11. The second-order valence-corrected chi connectivity index (χ2v) is 3.93. The van der Waals surface area contributed by atoms with Crippen molar-refractivity contribution in [3.63, 3.8) is 0 Å². The first kappa shape index (κ1) is 12.8. The Bertz CT molecular complexity index is 611. The Hall–Kier alpha value is -2.69. The number of aromatic hydroxyl groups is 1. The molecule has 2 rings (SSSR count). The number of carbonyl (C=O) groups excluding carboxylic acids is 1. The number of nitrogens with two attached hydrogens (primary N) is 1. The van der Waals surface area contributed by atoms with E-state index in [0.717, 1.165) is 0 Å². The van der Waals surface area contributed by atoms with E-state index in [2.05, 4.69) is 5.32 Å². The van der Waals surface area contributed by atoms with Gasteiger partial charge >= 0.3 is 0 Å². The van der Waals surface area contributed by atoms with Crippen molar-refractivity contribution in [3.05, 3.63) is 48.0 Å². The number of para-hydroxylation sites is 1. The molecule has 0 radical (unpaired) electrons. The molecule has 5 nitrogen and oxygen atoms in total. The number of hydrogen-bond acceptors (Lipinski definition) is 4. The third-order valence-corrected chi connectivity index (χ3v) is 2.63. The van der Waals surface area contributed by atoms with Crippen LogP contribution in [0.5, 0.6) is 11.5 Å². The standard InChI is InChI=1S/C14H14N2O3/c1-19-12-7-3-6-11(13(12)15)14(18)16-9-4-2-5-10(17)8-9/h2-8,17H,15H2,1H3,(H,16,18). The Labute approximate surface area is 110 Å². The number of nitrogen functional groups attached to an aromatic ring is 1. The fourth-order valence-corrected chi connectivity index (χ4v) is 1.70. The van der Waals surface area contributed by atoms with E-state index in [1.165, 1.54) is 19.2 Å². The summed E-state index contributed by atoms with van der Waals surface area (Å²) in [4.78, 5) is 12.1. The lowest BCUT2D eigenvalue weighted by Gasteiger charge is -2.10. The molecule has 4 N–H and O–H groups in total. The Morgan fingerprint density at radius 2 is 2.00 bits per heavy atom. The minimum Gasteiger partial charge on any atom is -0.508 e. The highest BCUT2D eigenvalue weighted by Crippen LogP contribution is 2.25. The maximum absolute atomic E-state index is 12.1. The molecular formula is C14H14N2O3. The Kier molecular flexibility index (Phi) is 3.56. The summed E-state index contributed by atoms with van der Waals surface area (Å²) < 4.78 is 5.06. The molecule has 0 bridgehead atoms. The number of methoxy groups -OCH3 is 1. The van der Waals surface area contributed by atoms with Gasteiger partial charge in [0.25, 0.3) is 5.91 Å². The summed E-state index contributed by atoms with van der Waals surface area (Å²) in [5, 5.41) is 12.0. The predicted octanol–water partition coefficient (Wildman–Crippen LogP) is 2.24. The highest BCUT2D eigenvalue weighted by Gasteiger charge is 2.13. The van der Waals surface area contributed by atoms with Gasteiger partial charge in [-0.3, -0.25) is 4.79 Å². The minimum atomic E-state index is -0.359. The number of phenolic OH excluding ortho intramolecular Hbond substituents is 1. The van der Waals surface area contributed by atoms with Crippen LogP contribution in [-0.4, -0.2) is 18.1 Å². The van der Waals surface area contributed by atoms with Gasteiger partial charge in [0, 0.05) is 11.8 Å². The maximum Gasteiger partial charge on any atom is 0.257 e. The van der Waals surface area contributed by atoms with Gasteiger partial charge in [-0.15, -0.1) is 0 Å². The molecule has 0 aromatic heterocycles. The molecule has 0 spiro atoms. The van der Waals surface area contributed by atoms with Crippen molar-refractivity contribution in [1.82, 2.24) is 0 Å². The quantitative estimate of drug-likeness (QED) is 0.737. The minimum absolute atomic E-state index is 0.0800. The van der Waals surface area contributed by atoms with E-state index in [0.29, 0.717) is 17.0 Å². The van der Waals surface area contributed by atoms with E-state index in [1.54, 1.807) is 30.3 Å². The van der Waals surface area contributed by atoms with Gasteiger partial charge in [-0.05, 0) is 24.3 Å². The van der Waals surface area contributed by atoms with E-state index in [1.807, 2.05) is 0 Å². The molecule has 0 atom stereocenters. The smallest absolute Gasteiger partial charge is 0.257 e. The Balaban J connectivity index is 2.25. The van der Waals surface area contributed by atoms with Crippen LogP contribution >= 0.6 is 0 Å². The van der Waals surface area contributed by atoms with Crippen LogP contribution in [0.3, 0.4) is 0 Å². The van der Waals surface area contributed by atoms with Crippen LogP contribution < -0.4 is 15.8 Å². The second kappa shape index (κ2) is 5.30. The molecular weight excluding hydrogens is 244 g/mol. The Morgan fingerprint density at radius 1 is 1.26 bits per heavy atom. The van der Waals surface area contributed by atoms with E-state index in [9.17, 15) is 9.90 Å². The van der Waals surface area contributed by atoms with Crippen molar-refractivity contribution in [3.8, 4) is 11.5 Å². The third-order valence-electron chi connectivity index (χ3n) is 2.63. The van der Waals surface area contributed by atoms with Gasteiger partial charge < -0.3 is 20.9 Å². The average Bonchev–Trinajstić information content (AvgIpc) is 2.39. The summed E-state index contributed by atoms with van der Waals surface area (Å²) in [5.74, 6) is 0.168. The van der Waals surface area contributed by atoms with E-state index >= 15 is 0 Å². The molecule has 0 saturated heterocycles. The highest BCUT2D eigenvalue weighted by atomic mass is 16.5. The molecule has 5 heteroatoms. The van der Waals surface area contributed by atoms with E-state index in [-0.39, 0.29) is 17.3 Å². The fraction of sp³-hybridized carbons (Fsp3) is 0.0714. The lowest BCUT2D eigenvalue weighted by molar-refractivity contribution is 0.102. The first-order valence-electron chi connectivity index (χ1n) is 5.64. The zero-order valence-corrected chi connectivity index (χ0v) is 10.4. The SMILES string of the molecule is COc1cccc(C(=O)Nc2cccc(O)c2)c1N. The van der Waals surface area contributed by atoms with Crippen molar-refractivity contribution in [1.29, 1.82) is 0 Å². The molecule has 0 aliphatic rings. The maximum atomic E-state index is 12.1. The van der Waals surface area contributed by atoms with Gasteiger partial charge in [-0.1, -0.05) is 12.1 Å². The topological polar surface area (TPSA) is 84.6 Å². The number of anilines is 2. The van der Waals surface area contributed by atoms with Crippen LogP contribution in [0.1, 0.15) is 10.4 Å². The van der Waals surface area contributed by atoms with Gasteiger partial charge in [0.15, 0.2) is 0 Å². The van der Waals surface area contributed by atoms with Gasteiger partial charge in [0.1, 0.15) is 11.5 Å². The van der Waals surface area contributed by atoms with Crippen molar-refractivity contribution in [2.45, 2.75) is 0 Å². The number of hydrogen-bond donors (Lipinski definition) is 3. The molecule has 0 aliphatic carbocycles. The second-order valence-electron chi connectivity index (χ2n) is 3.93. The van der Waals surface area contributed by atoms with Crippen molar-refractivity contribution in [2.75, 3.05) is 18.2 Å². The largest absolute Gasteiger partial charge is 0.508 e. The van der Waals surface area contributed by atoms with Crippen LogP contribution in [0.15, 0.2) is 42.5 Å². The van der Waals surface area contributed by atoms with Crippen LogP contribution in [-0.2, 0) is 0 Å². The molecule has 0 saturated carbocycles. The van der Waals surface area contributed by atoms with Crippen molar-refractivity contribution in [2.24, 2.45) is 0 Å². The van der Waals surface area contributed by atoms with Gasteiger partial charge in [-0.25, -0.2) is 0 Å². The number of benzene rings is 2. The molecule has 0 heterocycles. The molecule has 1 amide bonds. The third kappa shape index (κ3) is 2.77.